The lowest BCUT2D eigenvalue weighted by Crippen LogP contribution is -2.31. The standard InChI is InChI=1S/C44H32O6/c1-27(45)28-14-16-30(17-15-28)44(36-12-5-3-10-34(36)35-11-4-6-13-37(35)44)31-9-7-8-29(22-31)42(46)50-33-19-21-41-39(24-33)43(26-49-41)25-48-40-20-18-32(47-2)23-38(40)43/h3-24H,25-26H2,1-2H3. The number of benzene rings is 6. The Kier molecular flexibility index (Phi) is 6.71. The van der Waals surface area contributed by atoms with E-state index in [1.165, 1.54) is 0 Å². The fraction of sp³-hybridized carbons (Fsp3) is 0.136. The smallest absolute Gasteiger partial charge is 0.343 e. The number of carbonyl (C=O) groups excluding carboxylic acids is 2. The molecule has 0 aromatic heterocycles. The fourth-order valence-electron chi connectivity index (χ4n) is 8.13. The number of methoxy groups -OCH3 is 1. The molecular formula is C44H32O6. The Morgan fingerprint density at radius 1 is 0.580 bits per heavy atom. The van der Waals surface area contributed by atoms with Gasteiger partial charge < -0.3 is 18.9 Å². The maximum absolute atomic E-state index is 14.0. The molecule has 0 fully saturated rings. The van der Waals surface area contributed by atoms with Gasteiger partial charge >= 0.3 is 5.97 Å². The van der Waals surface area contributed by atoms with Crippen molar-refractivity contribution in [1.82, 2.24) is 0 Å². The van der Waals surface area contributed by atoms with Gasteiger partial charge in [-0.05, 0) is 88.8 Å². The van der Waals surface area contributed by atoms with Crippen LogP contribution in [0.4, 0.5) is 0 Å². The van der Waals surface area contributed by atoms with E-state index in [1.54, 1.807) is 26.2 Å². The molecular weight excluding hydrogens is 624 g/mol. The summed E-state index contributed by atoms with van der Waals surface area (Å²) in [5, 5.41) is 0. The van der Waals surface area contributed by atoms with Crippen molar-refractivity contribution in [1.29, 1.82) is 0 Å². The number of hydrogen-bond donors (Lipinski definition) is 0. The van der Waals surface area contributed by atoms with Crippen LogP contribution in [0.3, 0.4) is 0 Å². The van der Waals surface area contributed by atoms with Crippen LogP contribution in [0, 0.1) is 0 Å². The molecule has 3 aliphatic rings. The van der Waals surface area contributed by atoms with Crippen LogP contribution in [0.2, 0.25) is 0 Å². The molecule has 2 heterocycles. The first-order chi connectivity index (χ1) is 24.4. The van der Waals surface area contributed by atoms with Gasteiger partial charge in [0.15, 0.2) is 5.78 Å². The fourth-order valence-corrected chi connectivity index (χ4v) is 8.13. The Morgan fingerprint density at radius 2 is 1.18 bits per heavy atom. The molecule has 6 heteroatoms. The van der Waals surface area contributed by atoms with E-state index >= 15 is 0 Å². The monoisotopic (exact) mass is 656 g/mol. The first-order valence-corrected chi connectivity index (χ1v) is 16.6. The van der Waals surface area contributed by atoms with E-state index in [2.05, 4.69) is 54.6 Å². The Hall–Kier alpha value is -6.14. The minimum atomic E-state index is -0.729. The molecule has 1 spiro atoms. The Morgan fingerprint density at radius 3 is 1.80 bits per heavy atom. The molecule has 6 aromatic carbocycles. The first-order valence-electron chi connectivity index (χ1n) is 16.6. The molecule has 0 bridgehead atoms. The number of carbonyl (C=O) groups is 2. The quantitative estimate of drug-likeness (QED) is 0.102. The number of hydrogen-bond acceptors (Lipinski definition) is 6. The molecule has 6 nitrogen and oxygen atoms in total. The zero-order valence-corrected chi connectivity index (χ0v) is 27.6. The summed E-state index contributed by atoms with van der Waals surface area (Å²) in [6, 6.07) is 43.7. The van der Waals surface area contributed by atoms with Gasteiger partial charge in [0.05, 0.1) is 23.5 Å². The third-order valence-corrected chi connectivity index (χ3v) is 10.5. The van der Waals surface area contributed by atoms with Gasteiger partial charge in [-0.15, -0.1) is 0 Å². The van der Waals surface area contributed by atoms with Crippen LogP contribution < -0.4 is 18.9 Å². The van der Waals surface area contributed by atoms with Crippen molar-refractivity contribution in [2.24, 2.45) is 0 Å². The van der Waals surface area contributed by atoms with Gasteiger partial charge in [-0.3, -0.25) is 4.79 Å². The molecule has 244 valence electrons. The van der Waals surface area contributed by atoms with E-state index in [4.69, 9.17) is 18.9 Å². The number of Topliss-reactive ketones (excluding diaryl/α,β-unsaturated/α-hetero) is 1. The highest BCUT2D eigenvalue weighted by Gasteiger charge is 2.49. The Bertz CT molecular complexity index is 2310. The maximum atomic E-state index is 14.0. The molecule has 0 saturated heterocycles. The molecule has 2 aliphatic heterocycles. The number of ether oxygens (including phenoxy) is 4. The summed E-state index contributed by atoms with van der Waals surface area (Å²) in [6.45, 7) is 2.41. The summed E-state index contributed by atoms with van der Waals surface area (Å²) in [6.07, 6.45) is 0. The molecule has 0 N–H and O–H groups in total. The van der Waals surface area contributed by atoms with Crippen molar-refractivity contribution in [2.45, 2.75) is 17.8 Å². The topological polar surface area (TPSA) is 71.1 Å². The van der Waals surface area contributed by atoms with E-state index in [1.807, 2.05) is 66.7 Å². The van der Waals surface area contributed by atoms with E-state index in [0.29, 0.717) is 30.1 Å². The van der Waals surface area contributed by atoms with Gasteiger partial charge in [0, 0.05) is 16.7 Å². The van der Waals surface area contributed by atoms with Crippen molar-refractivity contribution in [2.75, 3.05) is 20.3 Å². The SMILES string of the molecule is COc1ccc2c(c1)C1(CO2)COc2ccc(OC(=O)c3cccc(C4(c5ccc(C(C)=O)cc5)c5ccccc5-c5ccccc54)c3)cc21. The summed E-state index contributed by atoms with van der Waals surface area (Å²) < 4.78 is 23.8. The van der Waals surface area contributed by atoms with Gasteiger partial charge in [0.1, 0.15) is 36.2 Å². The predicted octanol–water partition coefficient (Wildman–Crippen LogP) is 8.55. The number of fused-ring (bicyclic) bond motifs is 7. The van der Waals surface area contributed by atoms with Gasteiger partial charge in [-0.2, -0.15) is 0 Å². The van der Waals surface area contributed by atoms with Crippen LogP contribution in [0.5, 0.6) is 23.0 Å². The molecule has 1 aliphatic carbocycles. The van der Waals surface area contributed by atoms with Crippen molar-refractivity contribution < 1.29 is 28.5 Å². The molecule has 6 aromatic rings. The van der Waals surface area contributed by atoms with Crippen molar-refractivity contribution in [3.63, 3.8) is 0 Å². The third-order valence-electron chi connectivity index (χ3n) is 10.5. The lowest BCUT2D eigenvalue weighted by Gasteiger charge is -2.34. The molecule has 9 rings (SSSR count). The molecule has 1 unspecified atom stereocenters. The van der Waals surface area contributed by atoms with Crippen LogP contribution in [-0.4, -0.2) is 32.1 Å². The lowest BCUT2D eigenvalue weighted by atomic mass is 9.67. The van der Waals surface area contributed by atoms with Gasteiger partial charge in [0.25, 0.3) is 0 Å². The summed E-state index contributed by atoms with van der Waals surface area (Å²) >= 11 is 0. The van der Waals surface area contributed by atoms with Crippen LogP contribution >= 0.6 is 0 Å². The van der Waals surface area contributed by atoms with E-state index in [0.717, 1.165) is 61.8 Å². The van der Waals surface area contributed by atoms with E-state index in [9.17, 15) is 9.59 Å². The zero-order chi connectivity index (χ0) is 34.0. The largest absolute Gasteiger partial charge is 0.497 e. The zero-order valence-electron chi connectivity index (χ0n) is 27.6. The Balaban J connectivity index is 1.12. The second kappa shape index (κ2) is 11.2. The van der Waals surface area contributed by atoms with Crippen LogP contribution in [-0.2, 0) is 10.8 Å². The summed E-state index contributed by atoms with van der Waals surface area (Å²) in [4.78, 5) is 26.2. The van der Waals surface area contributed by atoms with E-state index < -0.39 is 16.8 Å². The number of esters is 1. The minimum absolute atomic E-state index is 0.0102. The average molecular weight is 657 g/mol. The molecule has 1 atom stereocenters. The van der Waals surface area contributed by atoms with Gasteiger partial charge in [-0.1, -0.05) is 84.9 Å². The lowest BCUT2D eigenvalue weighted by molar-refractivity contribution is 0.0734. The normalized spacial score (nSPS) is 17.2. The van der Waals surface area contributed by atoms with Gasteiger partial charge in [0.2, 0.25) is 0 Å². The average Bonchev–Trinajstić information content (AvgIpc) is 3.82. The summed E-state index contributed by atoms with van der Waals surface area (Å²) in [5.41, 5.74) is 8.14. The highest BCUT2D eigenvalue weighted by molar-refractivity contribution is 5.95. The Labute approximate surface area is 289 Å². The van der Waals surface area contributed by atoms with Crippen molar-refractivity contribution in [3.8, 4) is 34.1 Å². The number of ketones is 1. The van der Waals surface area contributed by atoms with Crippen LogP contribution in [0.25, 0.3) is 11.1 Å². The minimum Gasteiger partial charge on any atom is -0.497 e. The molecule has 0 radical (unpaired) electrons. The first kappa shape index (κ1) is 30.0. The van der Waals surface area contributed by atoms with Crippen LogP contribution in [0.1, 0.15) is 61.0 Å². The molecule has 50 heavy (non-hydrogen) atoms. The highest BCUT2D eigenvalue weighted by atomic mass is 16.5. The van der Waals surface area contributed by atoms with E-state index in [-0.39, 0.29) is 5.78 Å². The van der Waals surface area contributed by atoms with Crippen molar-refractivity contribution >= 4 is 11.8 Å². The third kappa shape index (κ3) is 4.27. The van der Waals surface area contributed by atoms with Crippen LogP contribution in [0.15, 0.2) is 133 Å². The maximum Gasteiger partial charge on any atom is 0.343 e. The second-order valence-corrected chi connectivity index (χ2v) is 13.1. The van der Waals surface area contributed by atoms with Gasteiger partial charge in [-0.25, -0.2) is 4.79 Å². The second-order valence-electron chi connectivity index (χ2n) is 13.1. The molecule has 0 saturated carbocycles. The highest BCUT2D eigenvalue weighted by Crippen LogP contribution is 2.56. The van der Waals surface area contributed by atoms with Crippen molar-refractivity contribution in [3.05, 3.63) is 178 Å². The number of rotatable bonds is 6. The molecule has 0 amide bonds. The summed E-state index contributed by atoms with van der Waals surface area (Å²) in [7, 11) is 1.64. The predicted molar refractivity (Wildman–Crippen MR) is 190 cm³/mol. The summed E-state index contributed by atoms with van der Waals surface area (Å²) in [5.74, 6) is 2.24.